The van der Waals surface area contributed by atoms with Crippen molar-refractivity contribution >= 4 is 29.1 Å². The Morgan fingerprint density at radius 1 is 1.28 bits per heavy atom. The van der Waals surface area contributed by atoms with Gasteiger partial charge in [0.15, 0.2) is 0 Å². The smallest absolute Gasteiger partial charge is 0.268 e. The average Bonchev–Trinajstić information content (AvgIpc) is 2.57. The first-order valence-corrected chi connectivity index (χ1v) is 8.96. The van der Waals surface area contributed by atoms with E-state index < -0.39 is 17.2 Å². The summed E-state index contributed by atoms with van der Waals surface area (Å²) >= 11 is 12.6. The topological polar surface area (TPSA) is 58.6 Å². The summed E-state index contributed by atoms with van der Waals surface area (Å²) in [5.41, 5.74) is 0.141. The maximum absolute atomic E-state index is 12.6. The van der Waals surface area contributed by atoms with Crippen molar-refractivity contribution in [1.82, 2.24) is 5.32 Å². The van der Waals surface area contributed by atoms with Crippen LogP contribution in [-0.2, 0) is 4.79 Å². The molecule has 1 fully saturated rings. The third kappa shape index (κ3) is 2.42. The molecule has 1 saturated heterocycles. The van der Waals surface area contributed by atoms with Crippen LogP contribution in [0.2, 0.25) is 0 Å². The number of β-lactam (4-membered cyclic amide) rings is 1. The largest absolute Gasteiger partial charge is 0.474 e. The van der Waals surface area contributed by atoms with E-state index in [0.717, 1.165) is 11.1 Å². The van der Waals surface area contributed by atoms with E-state index in [1.165, 1.54) is 0 Å². The number of ether oxygens (including phenoxy) is 1. The number of nitrogens with one attached hydrogen (secondary N) is 1. The zero-order valence-corrected chi connectivity index (χ0v) is 16.1. The monoisotopic (exact) mass is 381 g/mol. The normalized spacial score (nSPS) is 31.6. The molecule has 1 spiro atoms. The number of benzene rings is 1. The summed E-state index contributed by atoms with van der Waals surface area (Å²) in [5, 5.41) is 14.2. The Kier molecular flexibility index (Phi) is 4.43. The fourth-order valence-electron chi connectivity index (χ4n) is 3.62. The van der Waals surface area contributed by atoms with Gasteiger partial charge < -0.3 is 15.2 Å². The second kappa shape index (κ2) is 6.04. The van der Waals surface area contributed by atoms with Crippen LogP contribution < -0.4 is 10.1 Å². The van der Waals surface area contributed by atoms with Crippen LogP contribution in [0, 0.1) is 13.8 Å². The molecule has 3 rings (SSSR count). The summed E-state index contributed by atoms with van der Waals surface area (Å²) in [7, 11) is 0. The minimum absolute atomic E-state index is 0.217. The van der Waals surface area contributed by atoms with E-state index >= 15 is 0 Å². The van der Waals surface area contributed by atoms with Crippen LogP contribution in [0.25, 0.3) is 0 Å². The number of aliphatic hydroxyl groups is 1. The van der Waals surface area contributed by atoms with E-state index in [0.29, 0.717) is 22.8 Å². The van der Waals surface area contributed by atoms with E-state index in [-0.39, 0.29) is 10.9 Å². The summed E-state index contributed by atoms with van der Waals surface area (Å²) in [6.07, 6.45) is 0.877. The van der Waals surface area contributed by atoms with E-state index in [1.54, 1.807) is 13.0 Å². The molecule has 0 bridgehead atoms. The minimum Gasteiger partial charge on any atom is -0.474 e. The van der Waals surface area contributed by atoms with Crippen LogP contribution in [0.15, 0.2) is 39.9 Å². The van der Waals surface area contributed by atoms with Crippen LogP contribution in [-0.4, -0.2) is 28.3 Å². The third-order valence-corrected chi connectivity index (χ3v) is 6.09. The number of hydrogen-bond donors (Lipinski definition) is 2. The van der Waals surface area contributed by atoms with Crippen LogP contribution in [0.4, 0.5) is 0 Å². The summed E-state index contributed by atoms with van der Waals surface area (Å²) in [6.45, 7) is 7.49. The lowest BCUT2D eigenvalue weighted by Crippen LogP contribution is -2.86. The fraction of sp³-hybridized carbons (Fsp3) is 0.421. The highest BCUT2D eigenvalue weighted by Crippen LogP contribution is 2.49. The van der Waals surface area contributed by atoms with Gasteiger partial charge in [-0.25, -0.2) is 0 Å². The number of allylic oxidation sites excluding steroid dienone is 2. The van der Waals surface area contributed by atoms with Gasteiger partial charge in [0.25, 0.3) is 5.91 Å². The Hall–Kier alpha value is -1.49. The molecule has 1 aromatic rings. The summed E-state index contributed by atoms with van der Waals surface area (Å²) < 4.78 is 6.22. The number of hydrogen-bond acceptors (Lipinski definition) is 3. The maximum Gasteiger partial charge on any atom is 0.268 e. The first-order chi connectivity index (χ1) is 11.7. The van der Waals surface area contributed by atoms with Gasteiger partial charge in [-0.05, 0) is 50.5 Å². The Morgan fingerprint density at radius 3 is 2.52 bits per heavy atom. The average molecular weight is 382 g/mol. The molecule has 0 aromatic heterocycles. The molecule has 134 valence electrons. The molecule has 6 heteroatoms. The molecule has 1 aliphatic carbocycles. The molecule has 1 aliphatic heterocycles. The Bertz CT molecular complexity index is 817. The molecule has 1 aromatic carbocycles. The molecule has 25 heavy (non-hydrogen) atoms. The van der Waals surface area contributed by atoms with Crippen molar-refractivity contribution in [3.8, 4) is 5.75 Å². The zero-order chi connectivity index (χ0) is 18.6. The van der Waals surface area contributed by atoms with Gasteiger partial charge in [0.2, 0.25) is 5.60 Å². The Morgan fingerprint density at radius 2 is 1.96 bits per heavy atom. The standard InChI is InChI=1S/C19H21Cl2NO3/c1-5-19(25-14-7-6-10(2)8-11(14)3)17(24)22-18(19)9-13(20)12(4)15(21)16(18)23/h6-9,16,23H,5H2,1-4H3,(H,22,24). The number of carbonyl (C=O) groups is 1. The SMILES string of the molecule is CCC1(Oc2ccc(C)cc2C)C(=O)NC12C=C(Cl)C(C)=C(Cl)C2O. The molecule has 2 N–H and O–H groups in total. The molecule has 2 aliphatic rings. The molecule has 1 amide bonds. The molecule has 0 saturated carbocycles. The van der Waals surface area contributed by atoms with Gasteiger partial charge in [0, 0.05) is 5.03 Å². The van der Waals surface area contributed by atoms with Crippen molar-refractivity contribution < 1.29 is 14.6 Å². The van der Waals surface area contributed by atoms with Gasteiger partial charge >= 0.3 is 0 Å². The van der Waals surface area contributed by atoms with Gasteiger partial charge in [-0.2, -0.15) is 0 Å². The second-order valence-corrected chi connectivity index (χ2v) is 7.56. The lowest BCUT2D eigenvalue weighted by Gasteiger charge is -2.58. The predicted molar refractivity (Wildman–Crippen MR) is 98.9 cm³/mol. The van der Waals surface area contributed by atoms with Crippen LogP contribution >= 0.6 is 23.2 Å². The third-order valence-electron chi connectivity index (χ3n) is 5.21. The van der Waals surface area contributed by atoms with E-state index in [4.69, 9.17) is 27.9 Å². The van der Waals surface area contributed by atoms with Gasteiger partial charge in [0.1, 0.15) is 17.4 Å². The quantitative estimate of drug-likeness (QED) is 0.784. The lowest BCUT2D eigenvalue weighted by molar-refractivity contribution is -0.174. The Balaban J connectivity index is 2.09. The van der Waals surface area contributed by atoms with Crippen molar-refractivity contribution in [2.75, 3.05) is 0 Å². The number of amides is 1. The van der Waals surface area contributed by atoms with E-state index in [1.807, 2.05) is 39.0 Å². The Labute approximate surface area is 157 Å². The number of aliphatic hydroxyl groups excluding tert-OH is 1. The summed E-state index contributed by atoms with van der Waals surface area (Å²) in [4.78, 5) is 12.6. The number of halogens is 2. The zero-order valence-electron chi connectivity index (χ0n) is 14.6. The lowest BCUT2D eigenvalue weighted by atomic mass is 9.64. The first kappa shape index (κ1) is 18.3. The molecule has 3 atom stereocenters. The van der Waals surface area contributed by atoms with Crippen LogP contribution in [0.1, 0.15) is 31.4 Å². The van der Waals surface area contributed by atoms with E-state index in [2.05, 4.69) is 5.32 Å². The predicted octanol–water partition coefficient (Wildman–Crippen LogP) is 3.71. The number of carbonyl (C=O) groups excluding carboxylic acids is 1. The molecule has 0 radical (unpaired) electrons. The van der Waals surface area contributed by atoms with Gasteiger partial charge in [-0.3, -0.25) is 4.79 Å². The van der Waals surface area contributed by atoms with E-state index in [9.17, 15) is 9.90 Å². The number of aryl methyl sites for hydroxylation is 2. The van der Waals surface area contributed by atoms with Gasteiger partial charge in [-0.1, -0.05) is 47.8 Å². The summed E-state index contributed by atoms with van der Waals surface area (Å²) in [5.74, 6) is 0.305. The molecule has 3 unspecified atom stereocenters. The van der Waals surface area contributed by atoms with Gasteiger partial charge in [-0.15, -0.1) is 0 Å². The second-order valence-electron chi connectivity index (χ2n) is 6.74. The first-order valence-electron chi connectivity index (χ1n) is 8.20. The van der Waals surface area contributed by atoms with Crippen molar-refractivity contribution in [1.29, 1.82) is 0 Å². The van der Waals surface area contributed by atoms with Crippen molar-refractivity contribution in [2.24, 2.45) is 0 Å². The van der Waals surface area contributed by atoms with Gasteiger partial charge in [0.05, 0.1) is 5.03 Å². The highest BCUT2D eigenvalue weighted by Gasteiger charge is 2.71. The van der Waals surface area contributed by atoms with Crippen molar-refractivity contribution in [3.63, 3.8) is 0 Å². The highest BCUT2D eigenvalue weighted by molar-refractivity contribution is 6.36. The molecule has 4 nitrogen and oxygen atoms in total. The highest BCUT2D eigenvalue weighted by atomic mass is 35.5. The van der Waals surface area contributed by atoms with Crippen molar-refractivity contribution in [2.45, 2.75) is 51.4 Å². The molecule has 1 heterocycles. The fourth-order valence-corrected chi connectivity index (χ4v) is 4.22. The minimum atomic E-state index is -1.28. The van der Waals surface area contributed by atoms with Crippen LogP contribution in [0.3, 0.4) is 0 Å². The van der Waals surface area contributed by atoms with Crippen LogP contribution in [0.5, 0.6) is 5.75 Å². The molecular formula is C19H21Cl2NO3. The summed E-state index contributed by atoms with van der Waals surface area (Å²) in [6, 6.07) is 5.75. The number of rotatable bonds is 3. The maximum atomic E-state index is 12.6. The van der Waals surface area contributed by atoms with Crippen molar-refractivity contribution in [3.05, 3.63) is 51.0 Å². The molecular weight excluding hydrogens is 361 g/mol.